The van der Waals surface area contributed by atoms with Crippen LogP contribution in [-0.4, -0.2) is 34.0 Å². The van der Waals surface area contributed by atoms with Crippen LogP contribution in [0.1, 0.15) is 41.3 Å². The molecule has 2 unspecified atom stereocenters. The van der Waals surface area contributed by atoms with Crippen LogP contribution in [0.5, 0.6) is 5.75 Å². The van der Waals surface area contributed by atoms with Gasteiger partial charge in [-0.2, -0.15) is 0 Å². The molecule has 1 aliphatic heterocycles. The van der Waals surface area contributed by atoms with Crippen LogP contribution in [0.15, 0.2) is 72.9 Å². The first-order valence-electron chi connectivity index (χ1n) is 10.8. The minimum atomic E-state index is -0.718. The van der Waals surface area contributed by atoms with Crippen molar-refractivity contribution in [1.82, 2.24) is 9.88 Å². The van der Waals surface area contributed by atoms with Gasteiger partial charge in [0.1, 0.15) is 12.4 Å². The summed E-state index contributed by atoms with van der Waals surface area (Å²) in [6.45, 7) is 3.93. The summed E-state index contributed by atoms with van der Waals surface area (Å²) < 4.78 is 5.94. The monoisotopic (exact) mass is 416 g/mol. The van der Waals surface area contributed by atoms with Crippen LogP contribution in [0.3, 0.4) is 0 Å². The second-order valence-corrected chi connectivity index (χ2v) is 8.18. The second kappa shape index (κ2) is 9.75. The molecule has 1 saturated heterocycles. The van der Waals surface area contributed by atoms with Crippen LogP contribution in [0.2, 0.25) is 0 Å². The first-order chi connectivity index (χ1) is 15.1. The maximum absolute atomic E-state index is 11.6. The standard InChI is InChI=1S/C26H28N2O3/c1-19-9-14-24(27-16-19)25(28-15-5-8-22(17-28)26(29)30)21-10-12-23(13-11-21)31-18-20-6-3-2-4-7-20/h2-4,6-7,9-14,16,22,25H,5,8,15,17-18H2,1H3,(H,29,30). The van der Waals surface area contributed by atoms with Crippen molar-refractivity contribution in [2.24, 2.45) is 5.92 Å². The number of likely N-dealkylation sites (tertiary alicyclic amines) is 1. The van der Waals surface area contributed by atoms with Gasteiger partial charge in [0.25, 0.3) is 0 Å². The van der Waals surface area contributed by atoms with Crippen molar-refractivity contribution in [3.8, 4) is 5.75 Å². The van der Waals surface area contributed by atoms with E-state index in [1.165, 1.54) is 0 Å². The van der Waals surface area contributed by atoms with Gasteiger partial charge in [-0.05, 0) is 61.2 Å². The number of pyridine rings is 1. The van der Waals surface area contributed by atoms with Crippen LogP contribution >= 0.6 is 0 Å². The number of benzene rings is 2. The van der Waals surface area contributed by atoms with E-state index in [0.29, 0.717) is 13.2 Å². The molecule has 0 bridgehead atoms. The zero-order valence-electron chi connectivity index (χ0n) is 17.8. The molecule has 31 heavy (non-hydrogen) atoms. The van der Waals surface area contributed by atoms with Crippen molar-refractivity contribution in [3.63, 3.8) is 0 Å². The van der Waals surface area contributed by atoms with E-state index in [2.05, 4.69) is 28.1 Å². The maximum atomic E-state index is 11.6. The minimum Gasteiger partial charge on any atom is -0.489 e. The lowest BCUT2D eigenvalue weighted by atomic mass is 9.93. The molecule has 5 nitrogen and oxygen atoms in total. The summed E-state index contributed by atoms with van der Waals surface area (Å²) in [6.07, 6.45) is 3.47. The van der Waals surface area contributed by atoms with Gasteiger partial charge in [0.15, 0.2) is 0 Å². The zero-order valence-corrected chi connectivity index (χ0v) is 17.8. The van der Waals surface area contributed by atoms with E-state index < -0.39 is 5.97 Å². The van der Waals surface area contributed by atoms with E-state index in [1.54, 1.807) is 0 Å². The number of carboxylic acids is 1. The van der Waals surface area contributed by atoms with Gasteiger partial charge in [0, 0.05) is 12.7 Å². The Kier molecular flexibility index (Phi) is 6.63. The third kappa shape index (κ3) is 5.30. The molecular formula is C26H28N2O3. The summed E-state index contributed by atoms with van der Waals surface area (Å²) in [4.78, 5) is 18.5. The molecule has 1 fully saturated rings. The van der Waals surface area contributed by atoms with E-state index in [9.17, 15) is 9.90 Å². The Hall–Kier alpha value is -3.18. The summed E-state index contributed by atoms with van der Waals surface area (Å²) in [5.74, 6) is -0.245. The SMILES string of the molecule is Cc1ccc(C(c2ccc(OCc3ccccc3)cc2)N2CCCC(C(=O)O)C2)nc1. The molecule has 160 valence electrons. The Bertz CT molecular complexity index is 987. The van der Waals surface area contributed by atoms with E-state index in [1.807, 2.05) is 61.7 Å². The van der Waals surface area contributed by atoms with Crippen LogP contribution in [-0.2, 0) is 11.4 Å². The van der Waals surface area contributed by atoms with Crippen molar-refractivity contribution < 1.29 is 14.6 Å². The Labute approximate surface area is 183 Å². The molecule has 1 aromatic heterocycles. The molecule has 5 heteroatoms. The fourth-order valence-corrected chi connectivity index (χ4v) is 4.14. The first kappa shape index (κ1) is 21.1. The Morgan fingerprint density at radius 1 is 1.13 bits per heavy atom. The third-order valence-corrected chi connectivity index (χ3v) is 5.83. The lowest BCUT2D eigenvalue weighted by molar-refractivity contribution is -0.143. The molecule has 1 N–H and O–H groups in total. The van der Waals surface area contributed by atoms with E-state index in [0.717, 1.165) is 47.5 Å². The molecule has 1 aliphatic rings. The van der Waals surface area contributed by atoms with Crippen molar-refractivity contribution in [3.05, 3.63) is 95.3 Å². The summed E-state index contributed by atoms with van der Waals surface area (Å²) in [5, 5.41) is 9.55. The number of nitrogens with zero attached hydrogens (tertiary/aromatic N) is 2. The zero-order chi connectivity index (χ0) is 21.6. The summed E-state index contributed by atoms with van der Waals surface area (Å²) in [5.41, 5.74) is 4.26. The molecule has 0 radical (unpaired) electrons. The summed E-state index contributed by atoms with van der Waals surface area (Å²) in [6, 6.07) is 22.2. The van der Waals surface area contributed by atoms with Crippen molar-refractivity contribution in [1.29, 1.82) is 0 Å². The number of carbonyl (C=O) groups is 1. The van der Waals surface area contributed by atoms with Crippen LogP contribution < -0.4 is 4.74 Å². The van der Waals surface area contributed by atoms with E-state index in [4.69, 9.17) is 4.74 Å². The highest BCUT2D eigenvalue weighted by molar-refractivity contribution is 5.70. The van der Waals surface area contributed by atoms with Gasteiger partial charge in [0.05, 0.1) is 17.7 Å². The van der Waals surface area contributed by atoms with E-state index >= 15 is 0 Å². The number of ether oxygens (including phenoxy) is 1. The van der Waals surface area contributed by atoms with Crippen LogP contribution in [0, 0.1) is 12.8 Å². The molecule has 2 heterocycles. The highest BCUT2D eigenvalue weighted by Gasteiger charge is 2.31. The molecule has 2 aromatic carbocycles. The Morgan fingerprint density at radius 2 is 1.90 bits per heavy atom. The van der Waals surface area contributed by atoms with E-state index in [-0.39, 0.29) is 12.0 Å². The van der Waals surface area contributed by atoms with Gasteiger partial charge in [-0.15, -0.1) is 0 Å². The minimum absolute atomic E-state index is 0.0778. The number of aliphatic carboxylic acids is 1. The molecular weight excluding hydrogens is 388 g/mol. The molecule has 0 aliphatic carbocycles. The van der Waals surface area contributed by atoms with Gasteiger partial charge >= 0.3 is 5.97 Å². The number of piperidine rings is 1. The fourth-order valence-electron chi connectivity index (χ4n) is 4.14. The second-order valence-electron chi connectivity index (χ2n) is 8.18. The smallest absolute Gasteiger partial charge is 0.307 e. The van der Waals surface area contributed by atoms with Crippen molar-refractivity contribution >= 4 is 5.97 Å². The Morgan fingerprint density at radius 3 is 2.58 bits per heavy atom. The van der Waals surface area contributed by atoms with Gasteiger partial charge in [-0.25, -0.2) is 0 Å². The van der Waals surface area contributed by atoms with Crippen LogP contribution in [0.25, 0.3) is 0 Å². The number of hydrogen-bond acceptors (Lipinski definition) is 4. The molecule has 3 aromatic rings. The predicted molar refractivity (Wildman–Crippen MR) is 120 cm³/mol. The molecule has 4 rings (SSSR count). The molecule has 2 atom stereocenters. The number of hydrogen-bond donors (Lipinski definition) is 1. The first-order valence-corrected chi connectivity index (χ1v) is 10.8. The van der Waals surface area contributed by atoms with Gasteiger partial charge < -0.3 is 9.84 Å². The fraction of sp³-hybridized carbons (Fsp3) is 0.308. The van der Waals surface area contributed by atoms with Gasteiger partial charge in [-0.1, -0.05) is 48.5 Å². The lowest BCUT2D eigenvalue weighted by Crippen LogP contribution is -2.41. The highest BCUT2D eigenvalue weighted by atomic mass is 16.5. The topological polar surface area (TPSA) is 62.7 Å². The average molecular weight is 417 g/mol. The number of aryl methyl sites for hydroxylation is 1. The van der Waals surface area contributed by atoms with Gasteiger partial charge in [-0.3, -0.25) is 14.7 Å². The number of aromatic nitrogens is 1. The predicted octanol–water partition coefficient (Wildman–Crippen LogP) is 4.86. The van der Waals surface area contributed by atoms with Crippen molar-refractivity contribution in [2.45, 2.75) is 32.4 Å². The number of carboxylic acid groups (broad SMARTS) is 1. The summed E-state index contributed by atoms with van der Waals surface area (Å²) >= 11 is 0. The largest absolute Gasteiger partial charge is 0.489 e. The molecule has 0 saturated carbocycles. The highest BCUT2D eigenvalue weighted by Crippen LogP contribution is 2.32. The normalized spacial score (nSPS) is 17.8. The maximum Gasteiger partial charge on any atom is 0.307 e. The quantitative estimate of drug-likeness (QED) is 0.596. The van der Waals surface area contributed by atoms with Crippen molar-refractivity contribution in [2.75, 3.05) is 13.1 Å². The van der Waals surface area contributed by atoms with Crippen LogP contribution in [0.4, 0.5) is 0 Å². The molecule has 0 spiro atoms. The van der Waals surface area contributed by atoms with Gasteiger partial charge in [0.2, 0.25) is 0 Å². The average Bonchev–Trinajstić information content (AvgIpc) is 2.81. The Balaban J connectivity index is 1.56. The number of rotatable bonds is 7. The lowest BCUT2D eigenvalue weighted by Gasteiger charge is -2.37. The molecule has 0 amide bonds. The summed E-state index contributed by atoms with van der Waals surface area (Å²) in [7, 11) is 0. The third-order valence-electron chi connectivity index (χ3n) is 5.83.